The van der Waals surface area contributed by atoms with Gasteiger partial charge in [-0.3, -0.25) is 4.79 Å². The highest BCUT2D eigenvalue weighted by atomic mass is 32.1. The van der Waals surface area contributed by atoms with Crippen LogP contribution < -0.4 is 4.90 Å². The average molecular weight is 355 g/mol. The van der Waals surface area contributed by atoms with Crippen molar-refractivity contribution in [3.63, 3.8) is 0 Å². The summed E-state index contributed by atoms with van der Waals surface area (Å²) in [5.41, 5.74) is 3.89. The molecule has 1 aliphatic heterocycles. The Hall–Kier alpha value is -2.14. The second-order valence-corrected chi connectivity index (χ2v) is 7.64. The van der Waals surface area contributed by atoms with Crippen LogP contribution in [0.4, 0.5) is 5.69 Å². The molecule has 2 heterocycles. The van der Waals surface area contributed by atoms with Gasteiger partial charge in [-0.05, 0) is 56.2 Å². The fourth-order valence-corrected chi connectivity index (χ4v) is 4.84. The highest BCUT2D eigenvalue weighted by Gasteiger charge is 2.31. The summed E-state index contributed by atoms with van der Waals surface area (Å²) in [6.45, 7) is 2.31. The molecule has 0 N–H and O–H groups in total. The summed E-state index contributed by atoms with van der Waals surface area (Å²) in [5.74, 6) is -0.518. The van der Waals surface area contributed by atoms with Gasteiger partial charge in [-0.15, -0.1) is 11.3 Å². The number of aryl methyl sites for hydroxylation is 1. The molecule has 1 aromatic heterocycles. The Labute approximate surface area is 151 Å². The van der Waals surface area contributed by atoms with Crippen molar-refractivity contribution in [2.45, 2.75) is 45.1 Å². The van der Waals surface area contributed by atoms with Crippen LogP contribution in [0.25, 0.3) is 0 Å². The van der Waals surface area contributed by atoms with Crippen molar-refractivity contribution in [1.82, 2.24) is 0 Å². The van der Waals surface area contributed by atoms with E-state index in [1.807, 2.05) is 29.6 Å². The Kier molecular flexibility index (Phi) is 4.34. The van der Waals surface area contributed by atoms with Crippen molar-refractivity contribution in [3.05, 3.63) is 51.2 Å². The zero-order valence-electron chi connectivity index (χ0n) is 14.3. The number of nitrogens with zero attached hydrogens (tertiary/aromatic N) is 1. The predicted octanol–water partition coefficient (Wildman–Crippen LogP) is 3.76. The first-order valence-electron chi connectivity index (χ1n) is 8.84. The molecule has 1 aliphatic carbocycles. The summed E-state index contributed by atoms with van der Waals surface area (Å²) in [4.78, 5) is 28.3. The maximum absolute atomic E-state index is 12.8. The molecule has 1 aromatic carbocycles. The van der Waals surface area contributed by atoms with Crippen LogP contribution in [0.15, 0.2) is 29.6 Å². The van der Waals surface area contributed by atoms with Gasteiger partial charge >= 0.3 is 5.97 Å². The Balaban J connectivity index is 1.47. The van der Waals surface area contributed by atoms with E-state index in [2.05, 4.69) is 0 Å². The minimum absolute atomic E-state index is 0.151. The number of hydrogen-bond donors (Lipinski definition) is 0. The van der Waals surface area contributed by atoms with Crippen molar-refractivity contribution in [2.75, 3.05) is 11.4 Å². The Morgan fingerprint density at radius 3 is 2.84 bits per heavy atom. The van der Waals surface area contributed by atoms with E-state index in [1.165, 1.54) is 16.9 Å². The Morgan fingerprint density at radius 2 is 1.96 bits per heavy atom. The van der Waals surface area contributed by atoms with Crippen molar-refractivity contribution in [1.29, 1.82) is 0 Å². The van der Waals surface area contributed by atoms with E-state index in [4.69, 9.17) is 4.74 Å². The lowest BCUT2D eigenvalue weighted by atomic mass is 9.96. The van der Waals surface area contributed by atoms with Crippen LogP contribution >= 0.6 is 11.3 Å². The second-order valence-electron chi connectivity index (χ2n) is 6.67. The number of benzene rings is 1. The molecule has 1 atom stereocenters. The largest absolute Gasteiger partial charge is 0.449 e. The number of amides is 1. The molecule has 0 unspecified atom stereocenters. The molecule has 4 nitrogen and oxygen atoms in total. The van der Waals surface area contributed by atoms with Gasteiger partial charge < -0.3 is 9.64 Å². The topological polar surface area (TPSA) is 46.6 Å². The van der Waals surface area contributed by atoms with Gasteiger partial charge in [0.25, 0.3) is 5.91 Å². The molecule has 0 radical (unpaired) electrons. The number of carbonyl (C=O) groups excluding carboxylic acids is 2. The third-order valence-electron chi connectivity index (χ3n) is 5.07. The highest BCUT2D eigenvalue weighted by molar-refractivity contribution is 7.10. The lowest BCUT2D eigenvalue weighted by Gasteiger charge is -2.22. The molecule has 0 saturated heterocycles. The van der Waals surface area contributed by atoms with Crippen LogP contribution in [-0.2, 0) is 28.8 Å². The smallest absolute Gasteiger partial charge is 0.340 e. The van der Waals surface area contributed by atoms with Gasteiger partial charge in [0.1, 0.15) is 0 Å². The van der Waals surface area contributed by atoms with E-state index in [9.17, 15) is 9.59 Å². The lowest BCUT2D eigenvalue weighted by Crippen LogP contribution is -2.39. The zero-order chi connectivity index (χ0) is 17.4. The maximum Gasteiger partial charge on any atom is 0.340 e. The first kappa shape index (κ1) is 16.3. The third kappa shape index (κ3) is 2.97. The van der Waals surface area contributed by atoms with Gasteiger partial charge in [0, 0.05) is 22.5 Å². The summed E-state index contributed by atoms with van der Waals surface area (Å²) in [5, 5.41) is 1.89. The van der Waals surface area contributed by atoms with Crippen LogP contribution in [0, 0.1) is 0 Å². The molecule has 1 amide bonds. The molecule has 5 heteroatoms. The number of carbonyl (C=O) groups is 2. The first-order chi connectivity index (χ1) is 12.1. The number of fused-ring (bicyclic) bond motifs is 2. The zero-order valence-corrected chi connectivity index (χ0v) is 15.1. The monoisotopic (exact) mass is 355 g/mol. The number of hydrogen-bond acceptors (Lipinski definition) is 4. The molecule has 25 heavy (non-hydrogen) atoms. The summed E-state index contributed by atoms with van der Waals surface area (Å²) in [6.07, 6.45) is 4.35. The van der Waals surface area contributed by atoms with Crippen LogP contribution in [-0.4, -0.2) is 24.5 Å². The number of ether oxygens (including phenoxy) is 1. The molecule has 2 aliphatic rings. The van der Waals surface area contributed by atoms with E-state index in [1.54, 1.807) is 23.2 Å². The summed E-state index contributed by atoms with van der Waals surface area (Å²) < 4.78 is 5.53. The lowest BCUT2D eigenvalue weighted by molar-refractivity contribution is -0.126. The molecule has 4 rings (SSSR count). The highest BCUT2D eigenvalue weighted by Crippen LogP contribution is 2.31. The standard InChI is InChI=1S/C20H21NO3S/c1-13(19(22)21-11-10-14-6-2-4-8-17(14)21)24-20(23)16-12-25-18-9-5-3-7-15(16)18/h2,4,6,8,12-13H,3,5,7,9-11H2,1H3/t13-/m0/s1. The number of thiophene rings is 1. The van der Waals surface area contributed by atoms with Crippen LogP contribution in [0.1, 0.15) is 46.1 Å². The third-order valence-corrected chi connectivity index (χ3v) is 6.15. The molecule has 2 aromatic rings. The predicted molar refractivity (Wildman–Crippen MR) is 98.3 cm³/mol. The molecule has 0 bridgehead atoms. The van der Waals surface area contributed by atoms with Crippen molar-refractivity contribution in [2.24, 2.45) is 0 Å². The minimum atomic E-state index is -0.780. The van der Waals surface area contributed by atoms with E-state index >= 15 is 0 Å². The van der Waals surface area contributed by atoms with Crippen molar-refractivity contribution < 1.29 is 14.3 Å². The van der Waals surface area contributed by atoms with E-state index in [0.717, 1.165) is 36.9 Å². The fraction of sp³-hybridized carbons (Fsp3) is 0.400. The number of anilines is 1. The molecule has 0 fully saturated rings. The van der Waals surface area contributed by atoms with Crippen molar-refractivity contribution >= 4 is 28.9 Å². The van der Waals surface area contributed by atoms with Crippen LogP contribution in [0.3, 0.4) is 0 Å². The van der Waals surface area contributed by atoms with Gasteiger partial charge in [0.05, 0.1) is 5.56 Å². The minimum Gasteiger partial charge on any atom is -0.449 e. The van der Waals surface area contributed by atoms with Gasteiger partial charge in [-0.2, -0.15) is 0 Å². The quantitative estimate of drug-likeness (QED) is 0.788. The molecular weight excluding hydrogens is 334 g/mol. The number of para-hydroxylation sites is 1. The van der Waals surface area contributed by atoms with Gasteiger partial charge in [0.15, 0.2) is 6.10 Å². The fourth-order valence-electron chi connectivity index (χ4n) is 3.73. The van der Waals surface area contributed by atoms with E-state index in [-0.39, 0.29) is 11.9 Å². The molecule has 130 valence electrons. The van der Waals surface area contributed by atoms with Gasteiger partial charge in [-0.25, -0.2) is 4.79 Å². The molecular formula is C20H21NO3S. The normalized spacial score (nSPS) is 16.9. The number of esters is 1. The van der Waals surface area contributed by atoms with Crippen molar-refractivity contribution in [3.8, 4) is 0 Å². The average Bonchev–Trinajstić information content (AvgIpc) is 3.25. The first-order valence-corrected chi connectivity index (χ1v) is 9.72. The maximum atomic E-state index is 12.8. The molecule has 0 spiro atoms. The Morgan fingerprint density at radius 1 is 1.16 bits per heavy atom. The van der Waals surface area contributed by atoms with Gasteiger partial charge in [0.2, 0.25) is 0 Å². The van der Waals surface area contributed by atoms with E-state index in [0.29, 0.717) is 12.1 Å². The summed E-state index contributed by atoms with van der Waals surface area (Å²) in [7, 11) is 0. The SMILES string of the molecule is C[C@H](OC(=O)c1csc2c1CCCC2)C(=O)N1CCc2ccccc21. The van der Waals surface area contributed by atoms with E-state index < -0.39 is 6.10 Å². The van der Waals surface area contributed by atoms with Crippen LogP contribution in [0.2, 0.25) is 0 Å². The second kappa shape index (κ2) is 6.64. The molecule has 0 saturated carbocycles. The number of rotatable bonds is 3. The van der Waals surface area contributed by atoms with Gasteiger partial charge in [-0.1, -0.05) is 18.2 Å². The van der Waals surface area contributed by atoms with Crippen LogP contribution in [0.5, 0.6) is 0 Å². The summed E-state index contributed by atoms with van der Waals surface area (Å²) in [6, 6.07) is 7.90. The summed E-state index contributed by atoms with van der Waals surface area (Å²) >= 11 is 1.64. The Bertz CT molecular complexity index is 826.